The van der Waals surface area contributed by atoms with Crippen LogP contribution in [0.2, 0.25) is 0 Å². The SMILES string of the molecule is CCC[C@H]1CC[C@H](c2ccc(-c3ccc(F)c(F)c3)cc2)CC1. The molecule has 3 rings (SSSR count). The number of rotatable bonds is 4. The summed E-state index contributed by atoms with van der Waals surface area (Å²) in [6.45, 7) is 2.27. The topological polar surface area (TPSA) is 0 Å². The van der Waals surface area contributed by atoms with Gasteiger partial charge in [-0.2, -0.15) is 0 Å². The summed E-state index contributed by atoms with van der Waals surface area (Å²) in [5, 5.41) is 0. The second kappa shape index (κ2) is 7.25. The van der Waals surface area contributed by atoms with Gasteiger partial charge in [0.25, 0.3) is 0 Å². The molecule has 2 aromatic carbocycles. The second-order valence-corrected chi connectivity index (χ2v) is 6.76. The molecule has 2 aromatic rings. The summed E-state index contributed by atoms with van der Waals surface area (Å²) < 4.78 is 26.4. The van der Waals surface area contributed by atoms with Crippen LogP contribution in [0.3, 0.4) is 0 Å². The van der Waals surface area contributed by atoms with Gasteiger partial charge in [0.1, 0.15) is 0 Å². The quantitative estimate of drug-likeness (QED) is 0.588. The van der Waals surface area contributed by atoms with E-state index in [1.54, 1.807) is 6.07 Å². The van der Waals surface area contributed by atoms with Gasteiger partial charge in [0.05, 0.1) is 0 Å². The van der Waals surface area contributed by atoms with Crippen LogP contribution in [0.1, 0.15) is 56.9 Å². The molecule has 0 unspecified atom stereocenters. The molecule has 2 heteroatoms. The van der Waals surface area contributed by atoms with E-state index in [0.717, 1.165) is 17.0 Å². The highest BCUT2D eigenvalue weighted by Gasteiger charge is 2.21. The molecular weight excluding hydrogens is 290 g/mol. The van der Waals surface area contributed by atoms with E-state index in [1.165, 1.54) is 56.2 Å². The van der Waals surface area contributed by atoms with Crippen molar-refractivity contribution in [3.8, 4) is 11.1 Å². The lowest BCUT2D eigenvalue weighted by Gasteiger charge is -2.28. The molecule has 0 atom stereocenters. The Morgan fingerprint density at radius 1 is 0.826 bits per heavy atom. The average molecular weight is 314 g/mol. The Kier molecular flexibility index (Phi) is 5.09. The van der Waals surface area contributed by atoms with E-state index < -0.39 is 11.6 Å². The van der Waals surface area contributed by atoms with E-state index in [0.29, 0.717) is 5.92 Å². The van der Waals surface area contributed by atoms with Gasteiger partial charge in [-0.3, -0.25) is 0 Å². The molecule has 0 radical (unpaired) electrons. The van der Waals surface area contributed by atoms with E-state index >= 15 is 0 Å². The minimum atomic E-state index is -0.797. The van der Waals surface area contributed by atoms with Gasteiger partial charge >= 0.3 is 0 Å². The predicted octanol–water partition coefficient (Wildman–Crippen LogP) is 6.71. The summed E-state index contributed by atoms with van der Waals surface area (Å²) in [5.41, 5.74) is 3.04. The third-order valence-corrected chi connectivity index (χ3v) is 5.18. The standard InChI is InChI=1S/C21H24F2/c1-2-3-15-4-6-16(7-5-15)17-8-10-18(11-9-17)19-12-13-20(22)21(23)14-19/h8-16H,2-7H2,1H3/t15-,16-. The molecule has 0 bridgehead atoms. The molecule has 0 N–H and O–H groups in total. The fourth-order valence-corrected chi connectivity index (χ4v) is 3.82. The lowest BCUT2D eigenvalue weighted by atomic mass is 9.77. The van der Waals surface area contributed by atoms with Crippen LogP contribution in [0.4, 0.5) is 8.78 Å². The Labute approximate surface area is 137 Å². The maximum absolute atomic E-state index is 13.4. The number of benzene rings is 2. The summed E-state index contributed by atoms with van der Waals surface area (Å²) >= 11 is 0. The molecule has 0 nitrogen and oxygen atoms in total. The molecule has 0 heterocycles. The normalized spacial score (nSPS) is 21.3. The molecule has 1 aliphatic rings. The summed E-state index contributed by atoms with van der Waals surface area (Å²) in [6.07, 6.45) is 7.87. The first-order chi connectivity index (χ1) is 11.2. The van der Waals surface area contributed by atoms with Crippen LogP contribution in [0.5, 0.6) is 0 Å². The summed E-state index contributed by atoms with van der Waals surface area (Å²) in [5.74, 6) is -0.0187. The first-order valence-electron chi connectivity index (χ1n) is 8.72. The Balaban J connectivity index is 1.69. The first-order valence-corrected chi connectivity index (χ1v) is 8.72. The summed E-state index contributed by atoms with van der Waals surface area (Å²) in [7, 11) is 0. The fraction of sp³-hybridized carbons (Fsp3) is 0.429. The van der Waals surface area contributed by atoms with Crippen molar-refractivity contribution in [1.82, 2.24) is 0 Å². The predicted molar refractivity (Wildman–Crippen MR) is 91.4 cm³/mol. The van der Waals surface area contributed by atoms with Gasteiger partial charge in [-0.1, -0.05) is 50.1 Å². The van der Waals surface area contributed by atoms with Crippen molar-refractivity contribution in [3.63, 3.8) is 0 Å². The Hall–Kier alpha value is -1.70. The van der Waals surface area contributed by atoms with Gasteiger partial charge < -0.3 is 0 Å². The van der Waals surface area contributed by atoms with E-state index in [1.807, 2.05) is 12.1 Å². The van der Waals surface area contributed by atoms with Crippen LogP contribution in [0, 0.1) is 17.6 Å². The van der Waals surface area contributed by atoms with Crippen molar-refractivity contribution in [2.24, 2.45) is 5.92 Å². The molecular formula is C21H24F2. The van der Waals surface area contributed by atoms with Gasteiger partial charge in [0.2, 0.25) is 0 Å². The average Bonchev–Trinajstić information content (AvgIpc) is 2.59. The lowest BCUT2D eigenvalue weighted by Crippen LogP contribution is -2.13. The molecule has 0 amide bonds. The van der Waals surface area contributed by atoms with E-state index in [9.17, 15) is 8.78 Å². The van der Waals surface area contributed by atoms with E-state index in [-0.39, 0.29) is 0 Å². The molecule has 1 saturated carbocycles. The first kappa shape index (κ1) is 16.2. The van der Waals surface area contributed by atoms with Gasteiger partial charge in [0.15, 0.2) is 11.6 Å². The van der Waals surface area contributed by atoms with Crippen molar-refractivity contribution in [3.05, 3.63) is 59.7 Å². The highest BCUT2D eigenvalue weighted by molar-refractivity contribution is 5.63. The zero-order valence-corrected chi connectivity index (χ0v) is 13.7. The zero-order chi connectivity index (χ0) is 16.2. The minimum absolute atomic E-state index is 0.655. The van der Waals surface area contributed by atoms with Crippen molar-refractivity contribution in [2.45, 2.75) is 51.4 Å². The highest BCUT2D eigenvalue weighted by Crippen LogP contribution is 2.38. The Morgan fingerprint density at radius 3 is 2.09 bits per heavy atom. The summed E-state index contributed by atoms with van der Waals surface area (Å²) in [4.78, 5) is 0. The molecule has 122 valence electrons. The number of hydrogen-bond donors (Lipinski definition) is 0. The van der Waals surface area contributed by atoms with Gasteiger partial charge in [-0.25, -0.2) is 8.78 Å². The smallest absolute Gasteiger partial charge is 0.159 e. The van der Waals surface area contributed by atoms with Crippen LogP contribution in [0.25, 0.3) is 11.1 Å². The third kappa shape index (κ3) is 3.80. The van der Waals surface area contributed by atoms with Gasteiger partial charge in [0, 0.05) is 0 Å². The zero-order valence-electron chi connectivity index (χ0n) is 13.7. The molecule has 23 heavy (non-hydrogen) atoms. The van der Waals surface area contributed by atoms with Crippen LogP contribution in [-0.2, 0) is 0 Å². The van der Waals surface area contributed by atoms with E-state index in [4.69, 9.17) is 0 Å². The van der Waals surface area contributed by atoms with Crippen LogP contribution >= 0.6 is 0 Å². The second-order valence-electron chi connectivity index (χ2n) is 6.76. The fourth-order valence-electron chi connectivity index (χ4n) is 3.82. The van der Waals surface area contributed by atoms with Crippen LogP contribution < -0.4 is 0 Å². The summed E-state index contributed by atoms with van der Waals surface area (Å²) in [6, 6.07) is 12.4. The highest BCUT2D eigenvalue weighted by atomic mass is 19.2. The molecule has 0 saturated heterocycles. The Bertz CT molecular complexity index is 637. The molecule has 0 spiro atoms. The number of hydrogen-bond acceptors (Lipinski definition) is 0. The molecule has 1 aliphatic carbocycles. The van der Waals surface area contributed by atoms with Crippen LogP contribution in [-0.4, -0.2) is 0 Å². The van der Waals surface area contributed by atoms with Crippen molar-refractivity contribution >= 4 is 0 Å². The largest absolute Gasteiger partial charge is 0.204 e. The molecule has 1 fully saturated rings. The molecule has 0 aliphatic heterocycles. The van der Waals surface area contributed by atoms with Crippen molar-refractivity contribution in [2.75, 3.05) is 0 Å². The maximum Gasteiger partial charge on any atom is 0.159 e. The third-order valence-electron chi connectivity index (χ3n) is 5.18. The number of halogens is 2. The minimum Gasteiger partial charge on any atom is -0.204 e. The molecule has 0 aromatic heterocycles. The van der Waals surface area contributed by atoms with Gasteiger partial charge in [-0.15, -0.1) is 0 Å². The maximum atomic E-state index is 13.4. The van der Waals surface area contributed by atoms with E-state index in [2.05, 4.69) is 19.1 Å². The van der Waals surface area contributed by atoms with Crippen LogP contribution in [0.15, 0.2) is 42.5 Å². The van der Waals surface area contributed by atoms with Gasteiger partial charge in [-0.05, 0) is 66.3 Å². The van der Waals surface area contributed by atoms with Crippen molar-refractivity contribution < 1.29 is 8.78 Å². The Morgan fingerprint density at radius 2 is 1.48 bits per heavy atom. The monoisotopic (exact) mass is 314 g/mol. The van der Waals surface area contributed by atoms with Crippen molar-refractivity contribution in [1.29, 1.82) is 0 Å². The lowest BCUT2D eigenvalue weighted by molar-refractivity contribution is 0.308.